The highest BCUT2D eigenvalue weighted by atomic mass is 35.5. The van der Waals surface area contributed by atoms with Crippen molar-refractivity contribution in [1.29, 1.82) is 0 Å². The molecule has 2 aromatic rings. The molecule has 0 heterocycles. The second kappa shape index (κ2) is 6.84. The summed E-state index contributed by atoms with van der Waals surface area (Å²) in [6.07, 6.45) is 0. The highest BCUT2D eigenvalue weighted by Crippen LogP contribution is 2.23. The summed E-state index contributed by atoms with van der Waals surface area (Å²) in [7, 11) is -4.01. The quantitative estimate of drug-likeness (QED) is 0.836. The van der Waals surface area contributed by atoms with Gasteiger partial charge in [0.05, 0.1) is 20.5 Å². The lowest BCUT2D eigenvalue weighted by molar-refractivity contribution is 0.0691. The molecule has 2 N–H and O–H groups in total. The van der Waals surface area contributed by atoms with E-state index in [0.717, 1.165) is 18.2 Å². The van der Waals surface area contributed by atoms with Gasteiger partial charge in [-0.3, -0.25) is 0 Å². The van der Waals surface area contributed by atoms with E-state index < -0.39 is 27.4 Å². The summed E-state index contributed by atoms with van der Waals surface area (Å²) in [5.41, 5.74) is -0.161. The Morgan fingerprint density at radius 3 is 2.43 bits per heavy atom. The smallest absolute Gasteiger partial charge is 0.338 e. The number of carboxylic acid groups (broad SMARTS) is 1. The first-order valence-electron chi connectivity index (χ1n) is 6.17. The van der Waals surface area contributed by atoms with Gasteiger partial charge in [-0.05, 0) is 35.9 Å². The fraction of sp³-hybridized carbons (Fsp3) is 0.0714. The zero-order chi connectivity index (χ0) is 17.2. The maximum absolute atomic E-state index is 13.3. The van der Waals surface area contributed by atoms with Crippen LogP contribution >= 0.6 is 23.2 Å². The van der Waals surface area contributed by atoms with Gasteiger partial charge < -0.3 is 5.11 Å². The number of hydrogen-bond donors (Lipinski definition) is 2. The molecule has 5 nitrogen and oxygen atoms in total. The van der Waals surface area contributed by atoms with Gasteiger partial charge in [0.1, 0.15) is 5.82 Å². The Kier molecular flexibility index (Phi) is 5.26. The van der Waals surface area contributed by atoms with Gasteiger partial charge >= 0.3 is 5.97 Å². The van der Waals surface area contributed by atoms with Crippen LogP contribution < -0.4 is 4.72 Å². The Labute approximate surface area is 141 Å². The van der Waals surface area contributed by atoms with Crippen molar-refractivity contribution in [3.05, 3.63) is 63.4 Å². The Balaban J connectivity index is 2.23. The predicted octanol–water partition coefficient (Wildman–Crippen LogP) is 3.31. The molecular formula is C14H10Cl2FNO4S. The van der Waals surface area contributed by atoms with E-state index in [4.69, 9.17) is 28.3 Å². The van der Waals surface area contributed by atoms with Crippen LogP contribution in [0.15, 0.2) is 41.3 Å². The summed E-state index contributed by atoms with van der Waals surface area (Å²) >= 11 is 11.6. The van der Waals surface area contributed by atoms with E-state index in [1.807, 2.05) is 0 Å². The monoisotopic (exact) mass is 377 g/mol. The molecule has 0 aromatic heterocycles. The second-order valence-corrected chi connectivity index (χ2v) is 7.10. The molecule has 0 saturated heterocycles. The molecule has 0 atom stereocenters. The molecule has 0 bridgehead atoms. The largest absolute Gasteiger partial charge is 0.478 e. The van der Waals surface area contributed by atoms with Gasteiger partial charge in [0.2, 0.25) is 10.0 Å². The Morgan fingerprint density at radius 2 is 1.83 bits per heavy atom. The molecule has 0 aliphatic carbocycles. The fourth-order valence-corrected chi connectivity index (χ4v) is 3.11. The van der Waals surface area contributed by atoms with Crippen LogP contribution in [-0.2, 0) is 16.6 Å². The molecule has 2 aromatic carbocycles. The van der Waals surface area contributed by atoms with Gasteiger partial charge in [-0.1, -0.05) is 29.3 Å². The Bertz CT molecular complexity index is 871. The van der Waals surface area contributed by atoms with Crippen molar-refractivity contribution in [2.45, 2.75) is 11.4 Å². The fourth-order valence-electron chi connectivity index (χ4n) is 1.75. The van der Waals surface area contributed by atoms with Gasteiger partial charge in [-0.25, -0.2) is 22.3 Å². The summed E-state index contributed by atoms with van der Waals surface area (Å²) in [6, 6.07) is 7.14. The van der Waals surface area contributed by atoms with E-state index in [1.165, 1.54) is 12.1 Å². The third kappa shape index (κ3) is 4.20. The minimum atomic E-state index is -4.01. The van der Waals surface area contributed by atoms with Crippen molar-refractivity contribution in [2.24, 2.45) is 0 Å². The van der Waals surface area contributed by atoms with Gasteiger partial charge in [-0.15, -0.1) is 0 Å². The van der Waals surface area contributed by atoms with Crippen LogP contribution in [0.25, 0.3) is 0 Å². The molecule has 0 saturated carbocycles. The first-order chi connectivity index (χ1) is 10.7. The Morgan fingerprint density at radius 1 is 1.13 bits per heavy atom. The third-order valence-electron chi connectivity index (χ3n) is 2.93. The minimum absolute atomic E-state index is 0.0843. The highest BCUT2D eigenvalue weighted by molar-refractivity contribution is 7.89. The van der Waals surface area contributed by atoms with E-state index >= 15 is 0 Å². The summed E-state index contributed by atoms with van der Waals surface area (Å²) < 4.78 is 39.9. The first kappa shape index (κ1) is 17.7. The number of aromatic carboxylic acids is 1. The third-order valence-corrected chi connectivity index (χ3v) is 5.07. The summed E-state index contributed by atoms with van der Waals surface area (Å²) in [5, 5.41) is 9.45. The van der Waals surface area contributed by atoms with Gasteiger partial charge in [0.25, 0.3) is 0 Å². The van der Waals surface area contributed by atoms with Crippen LogP contribution in [0.1, 0.15) is 15.9 Å². The van der Waals surface area contributed by atoms with E-state index in [0.29, 0.717) is 10.6 Å². The van der Waals surface area contributed by atoms with Crippen LogP contribution in [0, 0.1) is 5.82 Å². The van der Waals surface area contributed by atoms with Crippen molar-refractivity contribution in [3.63, 3.8) is 0 Å². The van der Waals surface area contributed by atoms with E-state index in [1.54, 1.807) is 6.07 Å². The predicted molar refractivity (Wildman–Crippen MR) is 83.8 cm³/mol. The van der Waals surface area contributed by atoms with Gasteiger partial charge in [-0.2, -0.15) is 0 Å². The van der Waals surface area contributed by atoms with Crippen molar-refractivity contribution in [3.8, 4) is 0 Å². The second-order valence-electron chi connectivity index (χ2n) is 4.52. The molecular weight excluding hydrogens is 368 g/mol. The number of hydrogen-bond acceptors (Lipinski definition) is 3. The van der Waals surface area contributed by atoms with Crippen molar-refractivity contribution < 1.29 is 22.7 Å². The molecule has 2 rings (SSSR count). The number of carboxylic acids is 1. The lowest BCUT2D eigenvalue weighted by atomic mass is 10.2. The average Bonchev–Trinajstić information content (AvgIpc) is 2.48. The molecule has 23 heavy (non-hydrogen) atoms. The first-order valence-corrected chi connectivity index (χ1v) is 8.41. The molecule has 9 heteroatoms. The number of halogens is 3. The lowest BCUT2D eigenvalue weighted by Gasteiger charge is -2.08. The van der Waals surface area contributed by atoms with Crippen LogP contribution in [0.2, 0.25) is 10.0 Å². The molecule has 0 aliphatic heterocycles. The molecule has 0 aliphatic rings. The zero-order valence-electron chi connectivity index (χ0n) is 11.4. The maximum atomic E-state index is 13.3. The standard InChI is InChI=1S/C14H10Cl2FNO4S/c15-11-3-1-8(5-12(11)16)7-18-23(21,22)9-2-4-13(17)10(6-9)14(19)20/h1-6,18H,7H2,(H,19,20). The minimum Gasteiger partial charge on any atom is -0.478 e. The van der Waals surface area contributed by atoms with Crippen LogP contribution in [0.5, 0.6) is 0 Å². The van der Waals surface area contributed by atoms with E-state index in [2.05, 4.69) is 4.72 Å². The maximum Gasteiger partial charge on any atom is 0.338 e. The average molecular weight is 378 g/mol. The number of carbonyl (C=O) groups is 1. The summed E-state index contributed by atoms with van der Waals surface area (Å²) in [6.45, 7) is -0.0843. The number of rotatable bonds is 5. The molecule has 0 unspecified atom stereocenters. The van der Waals surface area contributed by atoms with Gasteiger partial charge in [0, 0.05) is 6.54 Å². The highest BCUT2D eigenvalue weighted by Gasteiger charge is 2.19. The lowest BCUT2D eigenvalue weighted by Crippen LogP contribution is -2.23. The normalized spacial score (nSPS) is 11.4. The van der Waals surface area contributed by atoms with E-state index in [-0.39, 0.29) is 16.5 Å². The molecule has 0 amide bonds. The number of benzene rings is 2. The van der Waals surface area contributed by atoms with Crippen LogP contribution in [0.3, 0.4) is 0 Å². The van der Waals surface area contributed by atoms with Crippen LogP contribution in [0.4, 0.5) is 4.39 Å². The topological polar surface area (TPSA) is 83.5 Å². The van der Waals surface area contributed by atoms with Gasteiger partial charge in [0.15, 0.2) is 0 Å². The molecule has 0 radical (unpaired) electrons. The van der Waals surface area contributed by atoms with E-state index in [9.17, 15) is 17.6 Å². The summed E-state index contributed by atoms with van der Waals surface area (Å²) in [4.78, 5) is 10.5. The number of sulfonamides is 1. The molecule has 122 valence electrons. The SMILES string of the molecule is O=C(O)c1cc(S(=O)(=O)NCc2ccc(Cl)c(Cl)c2)ccc1F. The zero-order valence-corrected chi connectivity index (χ0v) is 13.7. The van der Waals surface area contributed by atoms with Crippen molar-refractivity contribution in [1.82, 2.24) is 4.72 Å². The van der Waals surface area contributed by atoms with Crippen molar-refractivity contribution in [2.75, 3.05) is 0 Å². The van der Waals surface area contributed by atoms with Crippen molar-refractivity contribution >= 4 is 39.2 Å². The Hall–Kier alpha value is -1.67. The van der Waals surface area contributed by atoms with Crippen LogP contribution in [-0.4, -0.2) is 19.5 Å². The molecule has 0 fully saturated rings. The summed E-state index contributed by atoms with van der Waals surface area (Å²) in [5.74, 6) is -2.56. The number of nitrogens with one attached hydrogen (secondary N) is 1. The molecule has 0 spiro atoms.